The molecule has 3 rings (SSSR count). The molecule has 0 bridgehead atoms. The molecule has 0 fully saturated rings. The molecule has 1 aliphatic carbocycles. The lowest BCUT2D eigenvalue weighted by atomic mass is 9.78. The predicted octanol–water partition coefficient (Wildman–Crippen LogP) is 3.42. The number of aromatic nitrogens is 1. The van der Waals surface area contributed by atoms with Crippen molar-refractivity contribution < 1.29 is 9.84 Å². The second kappa shape index (κ2) is 5.51. The van der Waals surface area contributed by atoms with Crippen LogP contribution in [-0.2, 0) is 11.3 Å². The van der Waals surface area contributed by atoms with Crippen molar-refractivity contribution in [3.05, 3.63) is 52.9 Å². The Morgan fingerprint density at radius 2 is 2.20 bits per heavy atom. The zero-order chi connectivity index (χ0) is 14.1. The number of fused-ring (bicyclic) bond motifs is 1. The third kappa shape index (κ3) is 2.32. The maximum atomic E-state index is 10.0. The van der Waals surface area contributed by atoms with Gasteiger partial charge < -0.3 is 9.84 Å². The van der Waals surface area contributed by atoms with E-state index in [0.29, 0.717) is 19.1 Å². The summed E-state index contributed by atoms with van der Waals surface area (Å²) in [7, 11) is 0. The van der Waals surface area contributed by atoms with Crippen molar-refractivity contribution in [1.82, 2.24) is 4.98 Å². The summed E-state index contributed by atoms with van der Waals surface area (Å²) in [6, 6.07) is 0. The van der Waals surface area contributed by atoms with E-state index in [4.69, 9.17) is 4.74 Å². The van der Waals surface area contributed by atoms with E-state index in [1.54, 1.807) is 6.20 Å². The van der Waals surface area contributed by atoms with E-state index < -0.39 is 6.10 Å². The smallest absolute Gasteiger partial charge is 0.104 e. The first-order valence-corrected chi connectivity index (χ1v) is 7.24. The van der Waals surface area contributed by atoms with Crippen molar-refractivity contribution in [1.29, 1.82) is 0 Å². The fraction of sp³-hybridized carbons (Fsp3) is 0.471. The fourth-order valence-electron chi connectivity index (χ4n) is 3.38. The summed E-state index contributed by atoms with van der Waals surface area (Å²) in [5, 5.41) is 10.0. The highest BCUT2D eigenvalue weighted by molar-refractivity contribution is 5.39. The molecule has 1 N–H and O–H groups in total. The molecular formula is C17H21NO2. The van der Waals surface area contributed by atoms with Crippen LogP contribution in [0.1, 0.15) is 54.9 Å². The van der Waals surface area contributed by atoms with Crippen molar-refractivity contribution in [2.45, 2.75) is 44.8 Å². The molecule has 3 nitrogen and oxygen atoms in total. The van der Waals surface area contributed by atoms with Crippen LogP contribution in [0.25, 0.3) is 0 Å². The molecular weight excluding hydrogens is 250 g/mol. The highest BCUT2D eigenvalue weighted by Crippen LogP contribution is 2.39. The highest BCUT2D eigenvalue weighted by Gasteiger charge is 2.27. The van der Waals surface area contributed by atoms with Gasteiger partial charge in [-0.15, -0.1) is 0 Å². The number of hydrogen-bond acceptors (Lipinski definition) is 3. The Labute approximate surface area is 120 Å². The summed E-state index contributed by atoms with van der Waals surface area (Å²) in [4.78, 5) is 4.34. The minimum Gasteiger partial charge on any atom is -0.386 e. The Hall–Kier alpha value is -1.45. The summed E-state index contributed by atoms with van der Waals surface area (Å²) in [5.41, 5.74) is 6.16. The third-order valence-corrected chi connectivity index (χ3v) is 4.55. The highest BCUT2D eigenvalue weighted by atomic mass is 16.5. The Morgan fingerprint density at radius 1 is 1.40 bits per heavy atom. The molecule has 20 heavy (non-hydrogen) atoms. The van der Waals surface area contributed by atoms with Crippen LogP contribution in [0.3, 0.4) is 0 Å². The lowest BCUT2D eigenvalue weighted by Gasteiger charge is -2.30. The molecule has 0 aromatic carbocycles. The number of allylic oxidation sites excluding steroid dienone is 3. The maximum absolute atomic E-state index is 10.0. The number of nitrogens with zero attached hydrogens (tertiary/aromatic N) is 1. The van der Waals surface area contributed by atoms with Crippen molar-refractivity contribution in [3.8, 4) is 0 Å². The third-order valence-electron chi connectivity index (χ3n) is 4.55. The predicted molar refractivity (Wildman–Crippen MR) is 78.3 cm³/mol. The van der Waals surface area contributed by atoms with E-state index in [0.717, 1.165) is 30.4 Å². The van der Waals surface area contributed by atoms with Gasteiger partial charge >= 0.3 is 0 Å². The van der Waals surface area contributed by atoms with Crippen molar-refractivity contribution in [3.63, 3.8) is 0 Å². The first kappa shape index (κ1) is 13.5. The second-order valence-electron chi connectivity index (χ2n) is 5.78. The molecule has 1 aromatic heterocycles. The van der Waals surface area contributed by atoms with Gasteiger partial charge in [-0.1, -0.05) is 18.2 Å². The Bertz CT molecular complexity index is 562. The maximum Gasteiger partial charge on any atom is 0.104 e. The first-order chi connectivity index (χ1) is 9.70. The topological polar surface area (TPSA) is 42.4 Å². The minimum atomic E-state index is -0.532. The Balaban J connectivity index is 1.94. The molecule has 0 amide bonds. The average molecular weight is 271 g/mol. The van der Waals surface area contributed by atoms with E-state index in [1.807, 2.05) is 12.3 Å². The van der Waals surface area contributed by atoms with Crippen molar-refractivity contribution in [2.24, 2.45) is 0 Å². The van der Waals surface area contributed by atoms with Crippen LogP contribution in [0.15, 0.2) is 36.2 Å². The molecule has 0 saturated carbocycles. The van der Waals surface area contributed by atoms with Crippen LogP contribution in [0.2, 0.25) is 0 Å². The van der Waals surface area contributed by atoms with Crippen LogP contribution in [0, 0.1) is 0 Å². The van der Waals surface area contributed by atoms with E-state index in [-0.39, 0.29) is 0 Å². The van der Waals surface area contributed by atoms with Gasteiger partial charge in [-0.05, 0) is 48.8 Å². The van der Waals surface area contributed by atoms with Crippen molar-refractivity contribution in [2.75, 3.05) is 6.61 Å². The minimum absolute atomic E-state index is 0.377. The molecule has 1 aromatic rings. The fourth-order valence-corrected chi connectivity index (χ4v) is 3.38. The molecule has 0 radical (unpaired) electrons. The Kier molecular flexibility index (Phi) is 3.72. The van der Waals surface area contributed by atoms with Crippen LogP contribution in [0.4, 0.5) is 0 Å². The second-order valence-corrected chi connectivity index (χ2v) is 5.78. The molecule has 2 unspecified atom stereocenters. The van der Waals surface area contributed by atoms with Gasteiger partial charge in [0.1, 0.15) is 6.10 Å². The summed E-state index contributed by atoms with van der Waals surface area (Å²) in [6.45, 7) is 7.05. The lowest BCUT2D eigenvalue weighted by molar-refractivity contribution is 0.00887. The number of aliphatic hydroxyl groups excluding tert-OH is 1. The summed E-state index contributed by atoms with van der Waals surface area (Å²) >= 11 is 0. The van der Waals surface area contributed by atoms with Crippen LogP contribution < -0.4 is 0 Å². The standard InChI is InChI=1S/C17H21NO2/c1-3-12-4-5-13(6-11(12)2)14-7-18-8-15-16(14)9-20-10-17(15)19/h3,7-8,13,17,19H,1,4-6,9-10H2,2H3. The zero-order valence-electron chi connectivity index (χ0n) is 11.9. The number of rotatable bonds is 2. The molecule has 1 aliphatic heterocycles. The number of aliphatic hydroxyl groups is 1. The first-order valence-electron chi connectivity index (χ1n) is 7.24. The summed E-state index contributed by atoms with van der Waals surface area (Å²) < 4.78 is 5.50. The summed E-state index contributed by atoms with van der Waals surface area (Å²) in [5.74, 6) is 0.482. The van der Waals surface area contributed by atoms with E-state index in [1.165, 1.54) is 16.7 Å². The monoisotopic (exact) mass is 271 g/mol. The van der Waals surface area contributed by atoms with Gasteiger partial charge in [0.05, 0.1) is 13.2 Å². The SMILES string of the molecule is C=CC1=C(C)CC(c2cncc3c2COCC3O)CC1. The molecule has 0 spiro atoms. The van der Waals surface area contributed by atoms with Crippen LogP contribution in [-0.4, -0.2) is 16.7 Å². The quantitative estimate of drug-likeness (QED) is 0.896. The molecule has 2 atom stereocenters. The average Bonchev–Trinajstić information content (AvgIpc) is 2.47. The van der Waals surface area contributed by atoms with Crippen LogP contribution in [0.5, 0.6) is 0 Å². The van der Waals surface area contributed by atoms with Gasteiger partial charge in [0.2, 0.25) is 0 Å². The van der Waals surface area contributed by atoms with E-state index in [9.17, 15) is 5.11 Å². The van der Waals surface area contributed by atoms with E-state index in [2.05, 4.69) is 18.5 Å². The number of hydrogen-bond donors (Lipinski definition) is 1. The van der Waals surface area contributed by atoms with E-state index >= 15 is 0 Å². The van der Waals surface area contributed by atoms with Gasteiger partial charge in [0.25, 0.3) is 0 Å². The van der Waals surface area contributed by atoms with Gasteiger partial charge in [0.15, 0.2) is 0 Å². The zero-order valence-corrected chi connectivity index (χ0v) is 11.9. The molecule has 2 heterocycles. The molecule has 3 heteroatoms. The van der Waals surface area contributed by atoms with Gasteiger partial charge in [-0.2, -0.15) is 0 Å². The van der Waals surface area contributed by atoms with Gasteiger partial charge in [-0.3, -0.25) is 4.98 Å². The molecule has 0 saturated heterocycles. The van der Waals surface area contributed by atoms with Gasteiger partial charge in [0, 0.05) is 18.0 Å². The molecule has 106 valence electrons. The summed E-state index contributed by atoms with van der Waals surface area (Å²) in [6.07, 6.45) is 8.44. The van der Waals surface area contributed by atoms with Crippen LogP contribution >= 0.6 is 0 Å². The normalized spacial score (nSPS) is 26.3. The molecule has 2 aliphatic rings. The Morgan fingerprint density at radius 3 is 2.95 bits per heavy atom. The van der Waals surface area contributed by atoms with Gasteiger partial charge in [-0.25, -0.2) is 0 Å². The largest absolute Gasteiger partial charge is 0.386 e. The van der Waals surface area contributed by atoms with Crippen molar-refractivity contribution >= 4 is 0 Å². The number of pyridine rings is 1. The lowest BCUT2D eigenvalue weighted by Crippen LogP contribution is -2.20. The number of ether oxygens (including phenoxy) is 1.